The molecule has 0 fully saturated rings. The monoisotopic (exact) mass is 433 g/mol. The minimum absolute atomic E-state index is 0. The minimum Gasteiger partial charge on any atom is -0.490 e. The van der Waals surface area contributed by atoms with Crippen molar-refractivity contribution in [1.29, 1.82) is 0 Å². The number of hydrogen-bond donors (Lipinski definition) is 2. The fourth-order valence-corrected chi connectivity index (χ4v) is 7.56. The Kier molecular flexibility index (Phi) is 6.83. The predicted molar refractivity (Wildman–Crippen MR) is 110 cm³/mol. The third-order valence-electron chi connectivity index (χ3n) is 4.31. The smallest absolute Gasteiger partial charge is 0.187 e. The van der Waals surface area contributed by atoms with E-state index in [1.165, 1.54) is 12.1 Å². The highest BCUT2D eigenvalue weighted by Crippen LogP contribution is 2.64. The van der Waals surface area contributed by atoms with Crippen LogP contribution in [-0.4, -0.2) is 55.4 Å². The number of fused-ring (bicyclic) bond motifs is 1. The topological polar surface area (TPSA) is 87.1 Å². The van der Waals surface area contributed by atoms with E-state index in [9.17, 15) is 17.5 Å². The van der Waals surface area contributed by atoms with Crippen LogP contribution in [0.4, 0.5) is 0 Å². The molecule has 3 rings (SSSR count). The average Bonchev–Trinajstić information content (AvgIpc) is 2.88. The predicted octanol–water partition coefficient (Wildman–Crippen LogP) is 3.69. The zero-order valence-electron chi connectivity index (χ0n) is 15.1. The first-order chi connectivity index (χ1) is 12.2. The van der Waals surface area contributed by atoms with Gasteiger partial charge in [-0.25, -0.2) is 8.42 Å². The number of sulfone groups is 1. The first-order valence-corrected chi connectivity index (χ1v) is 11.4. The number of hydrogen-bond acceptors (Lipinski definition) is 6. The molecule has 0 amide bonds. The molecule has 6 nitrogen and oxygen atoms in total. The first-order valence-electron chi connectivity index (χ1n) is 8.19. The van der Waals surface area contributed by atoms with E-state index >= 15 is 0 Å². The van der Waals surface area contributed by atoms with Crippen LogP contribution >= 0.6 is 23.0 Å². The molecule has 0 spiro atoms. The lowest BCUT2D eigenvalue weighted by atomic mass is 10.1. The molecule has 150 valence electrons. The third kappa shape index (κ3) is 4.42. The molecule has 0 radical (unpaired) electrons. The van der Waals surface area contributed by atoms with E-state index in [0.29, 0.717) is 24.5 Å². The SMILES string of the molecule is CN(C)CCOc1cccc2c1S(O)(O)CC2S(=O)(=O)c1ccccc1.Cl. The van der Waals surface area contributed by atoms with Crippen LogP contribution < -0.4 is 4.74 Å². The van der Waals surface area contributed by atoms with Crippen LogP contribution in [-0.2, 0) is 9.84 Å². The normalized spacial score (nSPS) is 19.2. The zero-order chi connectivity index (χ0) is 18.9. The van der Waals surface area contributed by atoms with Crippen LogP contribution in [0.15, 0.2) is 58.3 Å². The fraction of sp³-hybridized carbons (Fsp3) is 0.333. The molecule has 9 heteroatoms. The van der Waals surface area contributed by atoms with Crippen LogP contribution in [0, 0.1) is 0 Å². The molecule has 0 bridgehead atoms. The number of likely N-dealkylation sites (N-methyl/N-ethyl adjacent to an activating group) is 1. The highest BCUT2D eigenvalue weighted by molar-refractivity contribution is 8.25. The van der Waals surface area contributed by atoms with E-state index in [-0.39, 0.29) is 28.0 Å². The van der Waals surface area contributed by atoms with Gasteiger partial charge in [-0.05, 0) is 37.9 Å². The van der Waals surface area contributed by atoms with E-state index in [2.05, 4.69) is 0 Å². The molecule has 27 heavy (non-hydrogen) atoms. The summed E-state index contributed by atoms with van der Waals surface area (Å²) in [4.78, 5) is 2.35. The summed E-state index contributed by atoms with van der Waals surface area (Å²) in [5.41, 5.74) is 0.413. The second-order valence-corrected chi connectivity index (χ2v) is 10.7. The average molecular weight is 434 g/mol. The second kappa shape index (κ2) is 8.38. The summed E-state index contributed by atoms with van der Waals surface area (Å²) >= 11 is 0. The molecule has 2 aromatic carbocycles. The number of benzene rings is 2. The molecule has 0 saturated carbocycles. The van der Waals surface area contributed by atoms with Gasteiger partial charge in [0.25, 0.3) is 0 Å². The van der Waals surface area contributed by atoms with E-state index in [1.807, 2.05) is 19.0 Å². The van der Waals surface area contributed by atoms with Gasteiger partial charge in [0.2, 0.25) is 0 Å². The minimum atomic E-state index is -3.74. The van der Waals surface area contributed by atoms with E-state index in [4.69, 9.17) is 4.74 Å². The van der Waals surface area contributed by atoms with Crippen molar-refractivity contribution in [1.82, 2.24) is 4.90 Å². The van der Waals surface area contributed by atoms with Crippen LogP contribution in [0.2, 0.25) is 0 Å². The summed E-state index contributed by atoms with van der Waals surface area (Å²) < 4.78 is 53.0. The van der Waals surface area contributed by atoms with Crippen LogP contribution in [0.3, 0.4) is 0 Å². The molecule has 0 saturated heterocycles. The van der Waals surface area contributed by atoms with Crippen molar-refractivity contribution in [2.45, 2.75) is 15.0 Å². The van der Waals surface area contributed by atoms with Crippen molar-refractivity contribution < 1.29 is 22.3 Å². The van der Waals surface area contributed by atoms with Crippen LogP contribution in [0.25, 0.3) is 0 Å². The van der Waals surface area contributed by atoms with Crippen molar-refractivity contribution in [2.24, 2.45) is 0 Å². The van der Waals surface area contributed by atoms with Crippen LogP contribution in [0.5, 0.6) is 5.75 Å². The Labute approximate surface area is 167 Å². The maximum Gasteiger partial charge on any atom is 0.187 e. The van der Waals surface area contributed by atoms with Crippen molar-refractivity contribution in [3.63, 3.8) is 0 Å². The molecule has 2 N–H and O–H groups in total. The number of halogens is 1. The first kappa shape index (κ1) is 22.0. The third-order valence-corrected chi connectivity index (χ3v) is 8.51. The Balaban J connectivity index is 0.00000261. The number of rotatable bonds is 6. The van der Waals surface area contributed by atoms with E-state index < -0.39 is 25.7 Å². The number of ether oxygens (including phenoxy) is 1. The summed E-state index contributed by atoms with van der Waals surface area (Å²) in [7, 11) is -3.16. The standard InChI is InChI=1S/C18H23NO5S2.ClH/c1-19(2)11-12-24-16-10-6-9-15-17(13-25(20,21)18(15)16)26(22,23)14-7-4-3-5-8-14;/h3-10,17,20-21H,11-13H2,1-2H3;1H. The second-order valence-electron chi connectivity index (χ2n) is 6.51. The van der Waals surface area contributed by atoms with Gasteiger partial charge in [0, 0.05) is 6.54 Å². The molecular formula is C18H24ClNO5S2. The van der Waals surface area contributed by atoms with Crippen molar-refractivity contribution in [3.05, 3.63) is 54.1 Å². The van der Waals surface area contributed by atoms with Gasteiger partial charge in [-0.2, -0.15) is 10.6 Å². The summed E-state index contributed by atoms with van der Waals surface area (Å²) in [5, 5.41) is -0.998. The van der Waals surface area contributed by atoms with Gasteiger partial charge in [0.1, 0.15) is 22.5 Å². The molecule has 1 heterocycles. The zero-order valence-corrected chi connectivity index (χ0v) is 17.6. The van der Waals surface area contributed by atoms with Gasteiger partial charge in [-0.3, -0.25) is 9.11 Å². The highest BCUT2D eigenvalue weighted by Gasteiger charge is 2.44. The quantitative estimate of drug-likeness (QED) is 0.722. The van der Waals surface area contributed by atoms with Crippen LogP contribution in [0.1, 0.15) is 10.8 Å². The van der Waals surface area contributed by atoms with Crippen molar-refractivity contribution >= 4 is 32.8 Å². The molecule has 1 atom stereocenters. The molecule has 1 aliphatic heterocycles. The molecule has 1 aliphatic rings. The fourth-order valence-electron chi connectivity index (χ4n) is 3.00. The van der Waals surface area contributed by atoms with E-state index in [1.54, 1.807) is 36.4 Å². The molecular weight excluding hydrogens is 410 g/mol. The Morgan fingerprint density at radius 1 is 1.11 bits per heavy atom. The summed E-state index contributed by atoms with van der Waals surface area (Å²) in [5.74, 6) is 0.100. The van der Waals surface area contributed by atoms with Crippen molar-refractivity contribution in [2.75, 3.05) is 33.0 Å². The van der Waals surface area contributed by atoms with Gasteiger partial charge in [-0.1, -0.05) is 30.3 Å². The lowest BCUT2D eigenvalue weighted by Crippen LogP contribution is -2.19. The maximum absolute atomic E-state index is 13.0. The Morgan fingerprint density at radius 3 is 2.41 bits per heavy atom. The summed E-state index contributed by atoms with van der Waals surface area (Å²) in [6, 6.07) is 13.1. The van der Waals surface area contributed by atoms with Gasteiger partial charge in [0.15, 0.2) is 9.84 Å². The van der Waals surface area contributed by atoms with E-state index in [0.717, 1.165) is 0 Å². The Bertz CT molecular complexity index is 888. The lowest BCUT2D eigenvalue weighted by molar-refractivity contribution is 0.256. The summed E-state index contributed by atoms with van der Waals surface area (Å²) in [6.07, 6.45) is 0. The Hall–Kier alpha value is -1.29. The molecule has 2 aromatic rings. The largest absolute Gasteiger partial charge is 0.490 e. The lowest BCUT2D eigenvalue weighted by Gasteiger charge is -2.29. The summed E-state index contributed by atoms with van der Waals surface area (Å²) in [6.45, 7) is 1.03. The highest BCUT2D eigenvalue weighted by atomic mass is 35.5. The van der Waals surface area contributed by atoms with Gasteiger partial charge in [-0.15, -0.1) is 12.4 Å². The maximum atomic E-state index is 13.0. The van der Waals surface area contributed by atoms with Crippen molar-refractivity contribution in [3.8, 4) is 5.75 Å². The van der Waals surface area contributed by atoms with Gasteiger partial charge in [0.05, 0.1) is 10.6 Å². The molecule has 1 unspecified atom stereocenters. The van der Waals surface area contributed by atoms with Gasteiger partial charge < -0.3 is 9.64 Å². The molecule has 0 aromatic heterocycles. The molecule has 0 aliphatic carbocycles. The van der Waals surface area contributed by atoms with Gasteiger partial charge >= 0.3 is 0 Å². The Morgan fingerprint density at radius 2 is 1.78 bits per heavy atom. The number of nitrogens with zero attached hydrogens (tertiary/aromatic N) is 1.